The molecule has 3 rings (SSSR count). The number of anilines is 2. The summed E-state index contributed by atoms with van der Waals surface area (Å²) in [7, 11) is 0. The van der Waals surface area contributed by atoms with Crippen molar-refractivity contribution in [1.82, 2.24) is 10.2 Å². The Labute approximate surface area is 158 Å². The van der Waals surface area contributed by atoms with E-state index >= 15 is 0 Å². The minimum absolute atomic E-state index is 0.0649. The Bertz CT molecular complexity index is 959. The topological polar surface area (TPSA) is 97.1 Å². The number of amides is 2. The highest BCUT2D eigenvalue weighted by atomic mass is 32.2. The number of carbonyl (C=O) groups excluding carboxylic acids is 2. The van der Waals surface area contributed by atoms with Gasteiger partial charge in [-0.3, -0.25) is 9.59 Å². The number of carbonyl (C=O) groups is 2. The molecule has 2 aromatic carbocycles. The third-order valence-corrected chi connectivity index (χ3v) is 4.11. The Morgan fingerprint density at radius 1 is 1.07 bits per heavy atom. The Hall–Kier alpha value is -3.20. The lowest BCUT2D eigenvalue weighted by molar-refractivity contribution is -0.114. The van der Waals surface area contributed by atoms with Crippen LogP contribution in [0, 0.1) is 5.82 Å². The zero-order valence-corrected chi connectivity index (χ0v) is 15.0. The van der Waals surface area contributed by atoms with Crippen LogP contribution in [0.2, 0.25) is 0 Å². The van der Waals surface area contributed by atoms with Crippen LogP contribution in [0.15, 0.2) is 58.2 Å². The van der Waals surface area contributed by atoms with E-state index in [4.69, 9.17) is 4.42 Å². The molecule has 2 N–H and O–H groups in total. The van der Waals surface area contributed by atoms with E-state index in [9.17, 15) is 14.0 Å². The highest BCUT2D eigenvalue weighted by Crippen LogP contribution is 2.23. The van der Waals surface area contributed by atoms with Gasteiger partial charge in [-0.1, -0.05) is 17.8 Å². The van der Waals surface area contributed by atoms with Gasteiger partial charge >= 0.3 is 0 Å². The largest absolute Gasteiger partial charge is 0.411 e. The number of aromatic nitrogens is 2. The van der Waals surface area contributed by atoms with Gasteiger partial charge in [0, 0.05) is 23.9 Å². The molecule has 0 saturated heterocycles. The number of thioether (sulfide) groups is 1. The van der Waals surface area contributed by atoms with Crippen LogP contribution >= 0.6 is 11.8 Å². The summed E-state index contributed by atoms with van der Waals surface area (Å²) in [5, 5.41) is 13.4. The van der Waals surface area contributed by atoms with Gasteiger partial charge in [-0.25, -0.2) is 4.39 Å². The molecular weight excluding hydrogens is 371 g/mol. The van der Waals surface area contributed by atoms with Crippen molar-refractivity contribution in [3.63, 3.8) is 0 Å². The predicted octanol–water partition coefficient (Wildman–Crippen LogP) is 3.56. The SMILES string of the molecule is CC(=O)Nc1cccc(NC(=O)CSc2nnc(-c3ccc(F)cc3)o2)c1. The van der Waals surface area contributed by atoms with Gasteiger partial charge in [0.2, 0.25) is 17.7 Å². The predicted molar refractivity (Wildman–Crippen MR) is 99.8 cm³/mol. The molecule has 0 aliphatic carbocycles. The van der Waals surface area contributed by atoms with E-state index in [2.05, 4.69) is 20.8 Å². The average Bonchev–Trinajstić information content (AvgIpc) is 3.09. The summed E-state index contributed by atoms with van der Waals surface area (Å²) in [6.45, 7) is 1.41. The molecule has 0 bridgehead atoms. The summed E-state index contributed by atoms with van der Waals surface area (Å²) in [5.74, 6) is -0.494. The number of rotatable bonds is 6. The molecule has 0 fully saturated rings. The summed E-state index contributed by atoms with van der Waals surface area (Å²) < 4.78 is 18.4. The van der Waals surface area contributed by atoms with Gasteiger partial charge in [0.1, 0.15) is 5.82 Å². The Morgan fingerprint density at radius 3 is 2.48 bits per heavy atom. The Kier molecular flexibility index (Phi) is 5.82. The number of benzene rings is 2. The van der Waals surface area contributed by atoms with Crippen molar-refractivity contribution in [1.29, 1.82) is 0 Å². The van der Waals surface area contributed by atoms with Gasteiger partial charge in [-0.15, -0.1) is 10.2 Å². The minimum atomic E-state index is -0.355. The van der Waals surface area contributed by atoms with E-state index in [0.29, 0.717) is 16.9 Å². The zero-order chi connectivity index (χ0) is 19.2. The number of nitrogens with zero attached hydrogens (tertiary/aromatic N) is 2. The lowest BCUT2D eigenvalue weighted by atomic mass is 10.2. The molecular formula is C18H15FN4O3S. The van der Waals surface area contributed by atoms with E-state index in [-0.39, 0.29) is 34.5 Å². The molecule has 1 heterocycles. The first-order valence-electron chi connectivity index (χ1n) is 7.89. The van der Waals surface area contributed by atoms with Gasteiger partial charge < -0.3 is 15.1 Å². The average molecular weight is 386 g/mol. The highest BCUT2D eigenvalue weighted by molar-refractivity contribution is 7.99. The van der Waals surface area contributed by atoms with E-state index < -0.39 is 0 Å². The molecule has 0 aliphatic heterocycles. The van der Waals surface area contributed by atoms with Crippen molar-refractivity contribution < 1.29 is 18.4 Å². The van der Waals surface area contributed by atoms with E-state index in [1.807, 2.05) is 0 Å². The molecule has 7 nitrogen and oxygen atoms in total. The van der Waals surface area contributed by atoms with Gasteiger partial charge in [-0.05, 0) is 42.5 Å². The molecule has 0 aliphatic rings. The fraction of sp³-hybridized carbons (Fsp3) is 0.111. The number of nitrogens with one attached hydrogen (secondary N) is 2. The first kappa shape index (κ1) is 18.6. The highest BCUT2D eigenvalue weighted by Gasteiger charge is 2.12. The van der Waals surface area contributed by atoms with Crippen LogP contribution in [0.4, 0.5) is 15.8 Å². The first-order chi connectivity index (χ1) is 13.0. The van der Waals surface area contributed by atoms with Crippen LogP contribution in [0.3, 0.4) is 0 Å². The van der Waals surface area contributed by atoms with Crippen LogP contribution in [0.25, 0.3) is 11.5 Å². The molecule has 9 heteroatoms. The van der Waals surface area contributed by atoms with Crippen molar-refractivity contribution in [2.24, 2.45) is 0 Å². The van der Waals surface area contributed by atoms with Crippen LogP contribution < -0.4 is 10.6 Å². The van der Waals surface area contributed by atoms with Gasteiger partial charge in [-0.2, -0.15) is 0 Å². The summed E-state index contributed by atoms with van der Waals surface area (Å²) in [6, 6.07) is 12.5. The van der Waals surface area contributed by atoms with Crippen molar-refractivity contribution >= 4 is 35.0 Å². The summed E-state index contributed by atoms with van der Waals surface area (Å²) in [5.41, 5.74) is 1.74. The third kappa shape index (κ3) is 5.38. The van der Waals surface area contributed by atoms with Crippen molar-refractivity contribution in [3.05, 3.63) is 54.3 Å². The molecule has 0 unspecified atom stereocenters. The number of halogens is 1. The normalized spacial score (nSPS) is 10.4. The Balaban J connectivity index is 1.55. The van der Waals surface area contributed by atoms with E-state index in [0.717, 1.165) is 11.8 Å². The molecule has 0 saturated carbocycles. The zero-order valence-electron chi connectivity index (χ0n) is 14.2. The fourth-order valence-electron chi connectivity index (χ4n) is 2.18. The maximum atomic E-state index is 12.9. The second kappa shape index (κ2) is 8.45. The summed E-state index contributed by atoms with van der Waals surface area (Å²) >= 11 is 1.09. The maximum Gasteiger partial charge on any atom is 0.277 e. The summed E-state index contributed by atoms with van der Waals surface area (Å²) in [6.07, 6.45) is 0. The molecule has 1 aromatic heterocycles. The number of hydrogen-bond donors (Lipinski definition) is 2. The molecule has 0 radical (unpaired) electrons. The monoisotopic (exact) mass is 386 g/mol. The smallest absolute Gasteiger partial charge is 0.277 e. The molecule has 2 amide bonds. The van der Waals surface area contributed by atoms with Crippen molar-refractivity contribution in [2.75, 3.05) is 16.4 Å². The van der Waals surface area contributed by atoms with Crippen LogP contribution in [0.1, 0.15) is 6.92 Å². The van der Waals surface area contributed by atoms with Crippen LogP contribution in [-0.4, -0.2) is 27.8 Å². The molecule has 3 aromatic rings. The van der Waals surface area contributed by atoms with Crippen molar-refractivity contribution in [3.8, 4) is 11.5 Å². The Morgan fingerprint density at radius 2 is 1.78 bits per heavy atom. The van der Waals surface area contributed by atoms with E-state index in [1.165, 1.54) is 31.2 Å². The van der Waals surface area contributed by atoms with Crippen molar-refractivity contribution in [2.45, 2.75) is 12.1 Å². The maximum absolute atomic E-state index is 12.9. The van der Waals surface area contributed by atoms with Gasteiger partial charge in [0.05, 0.1) is 5.75 Å². The molecule has 27 heavy (non-hydrogen) atoms. The summed E-state index contributed by atoms with van der Waals surface area (Å²) in [4.78, 5) is 23.2. The second-order valence-corrected chi connectivity index (χ2v) is 6.41. The second-order valence-electron chi connectivity index (χ2n) is 5.48. The quantitative estimate of drug-likeness (QED) is 0.629. The number of hydrogen-bond acceptors (Lipinski definition) is 6. The first-order valence-corrected chi connectivity index (χ1v) is 8.88. The molecule has 0 spiro atoms. The van der Waals surface area contributed by atoms with Gasteiger partial charge in [0.15, 0.2) is 0 Å². The molecule has 138 valence electrons. The minimum Gasteiger partial charge on any atom is -0.411 e. The fourth-order valence-corrected chi connectivity index (χ4v) is 2.74. The third-order valence-electron chi connectivity index (χ3n) is 3.29. The lowest BCUT2D eigenvalue weighted by Crippen LogP contribution is -2.14. The lowest BCUT2D eigenvalue weighted by Gasteiger charge is -2.07. The standard InChI is InChI=1S/C18H15FN4O3S/c1-11(24)20-14-3-2-4-15(9-14)21-16(25)10-27-18-23-22-17(26-18)12-5-7-13(19)8-6-12/h2-9H,10H2,1H3,(H,20,24)(H,21,25). The van der Waals surface area contributed by atoms with E-state index in [1.54, 1.807) is 24.3 Å². The molecule has 0 atom stereocenters. The van der Waals surface area contributed by atoms with Gasteiger partial charge in [0.25, 0.3) is 5.22 Å². The van der Waals surface area contributed by atoms with Crippen LogP contribution in [0.5, 0.6) is 0 Å². The van der Waals surface area contributed by atoms with Crippen LogP contribution in [-0.2, 0) is 9.59 Å².